The van der Waals surface area contributed by atoms with Crippen LogP contribution in [0.5, 0.6) is 5.75 Å². The van der Waals surface area contributed by atoms with Crippen molar-refractivity contribution in [3.63, 3.8) is 0 Å². The van der Waals surface area contributed by atoms with Gasteiger partial charge in [0.25, 0.3) is 0 Å². The minimum Gasteiger partial charge on any atom is -0.464 e. The molecule has 2 aromatic carbocycles. The summed E-state index contributed by atoms with van der Waals surface area (Å²) >= 11 is 11.9. The van der Waals surface area contributed by atoms with E-state index in [1.807, 2.05) is 25.1 Å². The molecule has 0 fully saturated rings. The average Bonchev–Trinajstić information content (AvgIpc) is 2.86. The largest absolute Gasteiger partial charge is 0.464 e. The second-order valence-electron chi connectivity index (χ2n) is 4.96. The summed E-state index contributed by atoms with van der Waals surface area (Å²) in [7, 11) is 0. The van der Waals surface area contributed by atoms with Gasteiger partial charge in [-0.05, 0) is 30.7 Å². The lowest BCUT2D eigenvalue weighted by Crippen LogP contribution is -2.11. The Labute approximate surface area is 137 Å². The van der Waals surface area contributed by atoms with E-state index in [1.54, 1.807) is 24.5 Å². The minimum absolute atomic E-state index is 0.0961. The number of carbonyl (C=O) groups excluding carboxylic acids is 1. The maximum atomic E-state index is 12.1. The van der Waals surface area contributed by atoms with Gasteiger partial charge in [0.1, 0.15) is 10.6 Å². The molecule has 0 aliphatic carbocycles. The molecule has 22 heavy (non-hydrogen) atoms. The van der Waals surface area contributed by atoms with E-state index in [-0.39, 0.29) is 17.2 Å². The summed E-state index contributed by atoms with van der Waals surface area (Å²) in [4.78, 5) is 12.1. The van der Waals surface area contributed by atoms with Gasteiger partial charge in [0, 0.05) is 10.9 Å². The standard InChI is InChI=1S/C17H12Cl2O3/c1-10-5-6-12-11(9-21-15(12)7-10)8-16(20)22-14-4-2-3-13(18)17(14)19/h2-7,9H,8H2,1H3. The number of rotatable bonds is 3. The molecule has 0 amide bonds. The predicted molar refractivity (Wildman–Crippen MR) is 86.8 cm³/mol. The zero-order valence-electron chi connectivity index (χ0n) is 11.7. The summed E-state index contributed by atoms with van der Waals surface area (Å²) in [5.74, 6) is -0.171. The van der Waals surface area contributed by atoms with Crippen molar-refractivity contribution in [2.45, 2.75) is 13.3 Å². The molecule has 0 saturated carbocycles. The molecular weight excluding hydrogens is 323 g/mol. The monoisotopic (exact) mass is 334 g/mol. The van der Waals surface area contributed by atoms with E-state index < -0.39 is 5.97 Å². The molecule has 5 heteroatoms. The van der Waals surface area contributed by atoms with Crippen molar-refractivity contribution in [1.29, 1.82) is 0 Å². The molecule has 0 saturated heterocycles. The minimum atomic E-state index is -0.424. The van der Waals surface area contributed by atoms with Crippen molar-refractivity contribution in [2.24, 2.45) is 0 Å². The van der Waals surface area contributed by atoms with E-state index in [9.17, 15) is 4.79 Å². The fourth-order valence-corrected chi connectivity index (χ4v) is 2.53. The van der Waals surface area contributed by atoms with Gasteiger partial charge in [0.05, 0.1) is 17.7 Å². The zero-order chi connectivity index (χ0) is 15.7. The third-order valence-corrected chi connectivity index (χ3v) is 4.09. The summed E-state index contributed by atoms with van der Waals surface area (Å²) in [6, 6.07) is 10.7. The first-order valence-corrected chi connectivity index (χ1v) is 7.41. The van der Waals surface area contributed by atoms with Crippen molar-refractivity contribution in [1.82, 2.24) is 0 Å². The summed E-state index contributed by atoms with van der Waals surface area (Å²) in [6.45, 7) is 1.98. The van der Waals surface area contributed by atoms with Crippen LogP contribution in [-0.4, -0.2) is 5.97 Å². The van der Waals surface area contributed by atoms with Crippen LogP contribution in [0, 0.1) is 6.92 Å². The van der Waals surface area contributed by atoms with Crippen LogP contribution in [-0.2, 0) is 11.2 Å². The Hall–Kier alpha value is -1.97. The fraction of sp³-hybridized carbons (Fsp3) is 0.118. The maximum absolute atomic E-state index is 12.1. The highest BCUT2D eigenvalue weighted by atomic mass is 35.5. The quantitative estimate of drug-likeness (QED) is 0.488. The van der Waals surface area contributed by atoms with Crippen LogP contribution in [0.25, 0.3) is 11.0 Å². The first-order valence-electron chi connectivity index (χ1n) is 6.66. The molecule has 0 radical (unpaired) electrons. The van der Waals surface area contributed by atoms with Gasteiger partial charge >= 0.3 is 5.97 Å². The number of hydrogen-bond donors (Lipinski definition) is 0. The Morgan fingerprint density at radius 2 is 2.05 bits per heavy atom. The molecule has 3 rings (SSSR count). The molecule has 0 bridgehead atoms. The van der Waals surface area contributed by atoms with Crippen LogP contribution in [0.2, 0.25) is 10.0 Å². The predicted octanol–water partition coefficient (Wildman–Crippen LogP) is 5.20. The van der Waals surface area contributed by atoms with Crippen molar-refractivity contribution in [2.75, 3.05) is 0 Å². The fourth-order valence-electron chi connectivity index (χ4n) is 2.20. The number of furan rings is 1. The van der Waals surface area contributed by atoms with Gasteiger partial charge in [-0.2, -0.15) is 0 Å². The normalized spacial score (nSPS) is 10.9. The number of hydrogen-bond acceptors (Lipinski definition) is 3. The summed E-state index contributed by atoms with van der Waals surface area (Å²) in [5.41, 5.74) is 2.63. The van der Waals surface area contributed by atoms with Gasteiger partial charge in [0.15, 0.2) is 5.75 Å². The molecule has 3 nitrogen and oxygen atoms in total. The molecule has 0 spiro atoms. The van der Waals surface area contributed by atoms with E-state index >= 15 is 0 Å². The van der Waals surface area contributed by atoms with Crippen molar-refractivity contribution >= 4 is 40.1 Å². The van der Waals surface area contributed by atoms with Gasteiger partial charge in [-0.25, -0.2) is 0 Å². The summed E-state index contributed by atoms with van der Waals surface area (Å²) in [5, 5.41) is 1.47. The number of esters is 1. The van der Waals surface area contributed by atoms with Gasteiger partial charge in [-0.1, -0.05) is 41.4 Å². The first kappa shape index (κ1) is 14.9. The molecule has 1 heterocycles. The Kier molecular flexibility index (Phi) is 4.10. The van der Waals surface area contributed by atoms with Crippen LogP contribution < -0.4 is 4.74 Å². The smallest absolute Gasteiger partial charge is 0.315 e. The van der Waals surface area contributed by atoms with Crippen molar-refractivity contribution in [3.8, 4) is 5.75 Å². The number of ether oxygens (including phenoxy) is 1. The molecular formula is C17H12Cl2O3. The molecule has 0 unspecified atom stereocenters. The maximum Gasteiger partial charge on any atom is 0.315 e. The number of carbonyl (C=O) groups is 1. The molecule has 0 aliphatic rings. The number of fused-ring (bicyclic) bond motifs is 1. The number of aryl methyl sites for hydroxylation is 1. The lowest BCUT2D eigenvalue weighted by atomic mass is 10.1. The lowest BCUT2D eigenvalue weighted by molar-refractivity contribution is -0.133. The van der Waals surface area contributed by atoms with E-state index in [0.29, 0.717) is 5.02 Å². The zero-order valence-corrected chi connectivity index (χ0v) is 13.2. The van der Waals surface area contributed by atoms with E-state index in [4.69, 9.17) is 32.4 Å². The highest BCUT2D eigenvalue weighted by molar-refractivity contribution is 6.43. The third-order valence-electron chi connectivity index (χ3n) is 3.29. The molecule has 112 valence electrons. The van der Waals surface area contributed by atoms with Gasteiger partial charge in [0.2, 0.25) is 0 Å². The van der Waals surface area contributed by atoms with Gasteiger partial charge in [-0.3, -0.25) is 4.79 Å². The Balaban J connectivity index is 1.80. The highest BCUT2D eigenvalue weighted by Crippen LogP contribution is 2.32. The number of benzene rings is 2. The highest BCUT2D eigenvalue weighted by Gasteiger charge is 2.14. The molecule has 0 aliphatic heterocycles. The van der Waals surface area contributed by atoms with Crippen LogP contribution in [0.1, 0.15) is 11.1 Å². The first-order chi connectivity index (χ1) is 10.5. The van der Waals surface area contributed by atoms with Crippen LogP contribution in [0.15, 0.2) is 47.1 Å². The van der Waals surface area contributed by atoms with E-state index in [1.165, 1.54) is 0 Å². The number of halogens is 2. The second-order valence-corrected chi connectivity index (χ2v) is 5.75. The van der Waals surface area contributed by atoms with Crippen molar-refractivity contribution in [3.05, 3.63) is 63.8 Å². The van der Waals surface area contributed by atoms with Crippen LogP contribution in [0.4, 0.5) is 0 Å². The molecule has 0 N–H and O–H groups in total. The Bertz CT molecular complexity index is 852. The van der Waals surface area contributed by atoms with Gasteiger partial charge < -0.3 is 9.15 Å². The Morgan fingerprint density at radius 1 is 1.23 bits per heavy atom. The second kappa shape index (κ2) is 6.03. The SMILES string of the molecule is Cc1ccc2c(CC(=O)Oc3cccc(Cl)c3Cl)coc2c1. The molecule has 3 aromatic rings. The molecule has 0 atom stereocenters. The molecule has 1 aromatic heterocycles. The van der Waals surface area contributed by atoms with Crippen LogP contribution in [0.3, 0.4) is 0 Å². The average molecular weight is 335 g/mol. The lowest BCUT2D eigenvalue weighted by Gasteiger charge is -2.06. The summed E-state index contributed by atoms with van der Waals surface area (Å²) in [6.07, 6.45) is 1.67. The summed E-state index contributed by atoms with van der Waals surface area (Å²) < 4.78 is 10.7. The van der Waals surface area contributed by atoms with E-state index in [0.717, 1.165) is 22.1 Å². The van der Waals surface area contributed by atoms with E-state index in [2.05, 4.69) is 0 Å². The third kappa shape index (κ3) is 2.96. The topological polar surface area (TPSA) is 39.4 Å². The van der Waals surface area contributed by atoms with Gasteiger partial charge in [-0.15, -0.1) is 0 Å². The van der Waals surface area contributed by atoms with Crippen LogP contribution >= 0.6 is 23.2 Å². The van der Waals surface area contributed by atoms with Crippen molar-refractivity contribution < 1.29 is 13.9 Å². The Morgan fingerprint density at radius 3 is 2.86 bits per heavy atom.